The van der Waals surface area contributed by atoms with Crippen LogP contribution in [0.1, 0.15) is 32.3 Å². The Morgan fingerprint density at radius 2 is 2.17 bits per heavy atom. The van der Waals surface area contributed by atoms with Crippen LogP contribution in [0.3, 0.4) is 0 Å². The van der Waals surface area contributed by atoms with Gasteiger partial charge in [0, 0.05) is 43.0 Å². The molecule has 0 radical (unpaired) electrons. The Hall–Kier alpha value is -2.08. The first-order valence-electron chi connectivity index (χ1n) is 8.25. The highest BCUT2D eigenvalue weighted by molar-refractivity contribution is 5.95. The van der Waals surface area contributed by atoms with Crippen LogP contribution in [0, 0.1) is 0 Å². The smallest absolute Gasteiger partial charge is 0.319 e. The second-order valence-corrected chi connectivity index (χ2v) is 6.59. The van der Waals surface area contributed by atoms with Crippen molar-refractivity contribution in [3.63, 3.8) is 0 Å². The van der Waals surface area contributed by atoms with Gasteiger partial charge in [0.25, 0.3) is 0 Å². The average Bonchev–Trinajstić information content (AvgIpc) is 2.96. The number of urea groups is 1. The number of carbonyl (C=O) groups excluding carboxylic acids is 2. The Morgan fingerprint density at radius 3 is 2.91 bits per heavy atom. The van der Waals surface area contributed by atoms with Crippen LogP contribution in [-0.2, 0) is 11.2 Å². The third-order valence-corrected chi connectivity index (χ3v) is 4.54. The van der Waals surface area contributed by atoms with Gasteiger partial charge in [-0.3, -0.25) is 9.69 Å². The first kappa shape index (κ1) is 15.8. The molecule has 1 aromatic rings. The Labute approximate surface area is 136 Å². The molecule has 0 bridgehead atoms. The molecule has 0 aromatic heterocycles. The number of likely N-dealkylation sites (tertiary alicyclic amines) is 1. The molecule has 2 heterocycles. The van der Waals surface area contributed by atoms with Gasteiger partial charge < -0.3 is 16.0 Å². The predicted molar refractivity (Wildman–Crippen MR) is 90.7 cm³/mol. The van der Waals surface area contributed by atoms with E-state index in [1.54, 1.807) is 0 Å². The molecular formula is C17H24N4O2. The largest absolute Gasteiger partial charge is 0.334 e. The van der Waals surface area contributed by atoms with E-state index in [1.807, 2.05) is 18.2 Å². The van der Waals surface area contributed by atoms with Gasteiger partial charge in [0.1, 0.15) is 0 Å². The number of hydrogen-bond acceptors (Lipinski definition) is 3. The van der Waals surface area contributed by atoms with Gasteiger partial charge >= 0.3 is 6.03 Å². The minimum absolute atomic E-state index is 0.0480. The molecule has 0 aliphatic carbocycles. The number of aryl methyl sites for hydroxylation is 1. The summed E-state index contributed by atoms with van der Waals surface area (Å²) >= 11 is 0. The molecule has 3 N–H and O–H groups in total. The maximum absolute atomic E-state index is 12.2. The maximum Gasteiger partial charge on any atom is 0.319 e. The molecule has 1 saturated heterocycles. The molecule has 23 heavy (non-hydrogen) atoms. The van der Waals surface area contributed by atoms with Gasteiger partial charge in [-0.25, -0.2) is 4.79 Å². The van der Waals surface area contributed by atoms with Gasteiger partial charge in [0.05, 0.1) is 0 Å². The summed E-state index contributed by atoms with van der Waals surface area (Å²) in [6, 6.07) is 6.15. The lowest BCUT2D eigenvalue weighted by atomic mass is 10.0. The molecule has 1 atom stereocenters. The van der Waals surface area contributed by atoms with Gasteiger partial charge in [-0.05, 0) is 50.5 Å². The number of hydrogen-bond donors (Lipinski definition) is 3. The normalized spacial score (nSPS) is 21.0. The summed E-state index contributed by atoms with van der Waals surface area (Å²) in [5, 5.41) is 8.77. The number of nitrogens with zero attached hydrogens (tertiary/aromatic N) is 1. The Morgan fingerprint density at radius 1 is 1.35 bits per heavy atom. The molecule has 0 spiro atoms. The zero-order valence-corrected chi connectivity index (χ0v) is 13.7. The number of nitrogens with one attached hydrogen (secondary N) is 3. The first-order valence-corrected chi connectivity index (χ1v) is 8.25. The molecule has 124 valence electrons. The van der Waals surface area contributed by atoms with E-state index in [1.165, 1.54) is 0 Å². The lowest BCUT2D eigenvalue weighted by Gasteiger charge is -2.21. The molecule has 3 amide bonds. The lowest BCUT2D eigenvalue weighted by molar-refractivity contribution is -0.116. The number of amides is 3. The zero-order chi connectivity index (χ0) is 16.4. The quantitative estimate of drug-likeness (QED) is 0.800. The highest BCUT2D eigenvalue weighted by Gasteiger charge is 2.25. The zero-order valence-electron chi connectivity index (χ0n) is 13.7. The van der Waals surface area contributed by atoms with E-state index in [2.05, 4.69) is 34.7 Å². The predicted octanol–water partition coefficient (Wildman–Crippen LogP) is 2.18. The van der Waals surface area contributed by atoms with Crippen molar-refractivity contribution in [3.8, 4) is 0 Å². The van der Waals surface area contributed by atoms with Crippen LogP contribution >= 0.6 is 0 Å². The van der Waals surface area contributed by atoms with Crippen LogP contribution in [0.5, 0.6) is 0 Å². The fourth-order valence-electron chi connectivity index (χ4n) is 3.19. The number of fused-ring (bicyclic) bond motifs is 1. The fourth-order valence-corrected chi connectivity index (χ4v) is 3.19. The van der Waals surface area contributed by atoms with E-state index in [9.17, 15) is 9.59 Å². The average molecular weight is 316 g/mol. The SMILES string of the molecule is CC(C)N1CCC(NC(=O)Nc2ccc3c(c2)CCC(=O)N3)C1. The molecule has 0 saturated carbocycles. The molecular weight excluding hydrogens is 292 g/mol. The van der Waals surface area contributed by atoms with Crippen molar-refractivity contribution < 1.29 is 9.59 Å². The lowest BCUT2D eigenvalue weighted by Crippen LogP contribution is -2.40. The van der Waals surface area contributed by atoms with Crippen molar-refractivity contribution in [1.82, 2.24) is 10.2 Å². The molecule has 1 aromatic carbocycles. The summed E-state index contributed by atoms with van der Waals surface area (Å²) < 4.78 is 0. The van der Waals surface area contributed by atoms with E-state index >= 15 is 0 Å². The highest BCUT2D eigenvalue weighted by atomic mass is 16.2. The molecule has 3 rings (SSSR count). The van der Waals surface area contributed by atoms with Crippen molar-refractivity contribution in [2.45, 2.75) is 45.2 Å². The number of rotatable bonds is 3. The Bertz CT molecular complexity index is 615. The van der Waals surface area contributed by atoms with E-state index in [4.69, 9.17) is 0 Å². The minimum atomic E-state index is -0.166. The number of carbonyl (C=O) groups is 2. The summed E-state index contributed by atoms with van der Waals surface area (Å²) in [7, 11) is 0. The van der Waals surface area contributed by atoms with Gasteiger partial charge in [0.15, 0.2) is 0 Å². The summed E-state index contributed by atoms with van der Waals surface area (Å²) in [5.41, 5.74) is 2.67. The van der Waals surface area contributed by atoms with Crippen LogP contribution in [0.2, 0.25) is 0 Å². The molecule has 2 aliphatic rings. The second kappa shape index (κ2) is 6.58. The van der Waals surface area contributed by atoms with Crippen LogP contribution in [0.25, 0.3) is 0 Å². The van der Waals surface area contributed by atoms with Crippen molar-refractivity contribution >= 4 is 23.3 Å². The van der Waals surface area contributed by atoms with Crippen LogP contribution in [0.4, 0.5) is 16.2 Å². The summed E-state index contributed by atoms with van der Waals surface area (Å²) in [6.07, 6.45) is 2.20. The highest BCUT2D eigenvalue weighted by Crippen LogP contribution is 2.25. The van der Waals surface area contributed by atoms with Crippen molar-refractivity contribution in [1.29, 1.82) is 0 Å². The van der Waals surface area contributed by atoms with Gasteiger partial charge in [-0.1, -0.05) is 0 Å². The summed E-state index contributed by atoms with van der Waals surface area (Å²) in [4.78, 5) is 25.9. The molecule has 6 nitrogen and oxygen atoms in total. The summed E-state index contributed by atoms with van der Waals surface area (Å²) in [6.45, 7) is 6.28. The number of anilines is 2. The maximum atomic E-state index is 12.2. The monoisotopic (exact) mass is 316 g/mol. The Balaban J connectivity index is 1.55. The first-order chi connectivity index (χ1) is 11.0. The van der Waals surface area contributed by atoms with Crippen LogP contribution < -0.4 is 16.0 Å². The second-order valence-electron chi connectivity index (χ2n) is 6.59. The van der Waals surface area contributed by atoms with E-state index in [0.29, 0.717) is 18.9 Å². The van der Waals surface area contributed by atoms with E-state index in [-0.39, 0.29) is 18.0 Å². The number of benzene rings is 1. The Kier molecular flexibility index (Phi) is 4.52. The third kappa shape index (κ3) is 3.82. The van der Waals surface area contributed by atoms with Gasteiger partial charge in [-0.2, -0.15) is 0 Å². The van der Waals surface area contributed by atoms with Crippen molar-refractivity contribution in [3.05, 3.63) is 23.8 Å². The minimum Gasteiger partial charge on any atom is -0.334 e. The standard InChI is InChI=1S/C17H24N4O2/c1-11(2)21-8-7-14(10-21)19-17(23)18-13-4-5-15-12(9-13)3-6-16(22)20-15/h4-5,9,11,14H,3,6-8,10H2,1-2H3,(H,20,22)(H2,18,19,23). The van der Waals surface area contributed by atoms with Gasteiger partial charge in [0.2, 0.25) is 5.91 Å². The van der Waals surface area contributed by atoms with E-state index in [0.717, 1.165) is 36.4 Å². The van der Waals surface area contributed by atoms with E-state index < -0.39 is 0 Å². The molecule has 6 heteroatoms. The molecule has 2 aliphatic heterocycles. The fraction of sp³-hybridized carbons (Fsp3) is 0.529. The third-order valence-electron chi connectivity index (χ3n) is 4.54. The summed E-state index contributed by atoms with van der Waals surface area (Å²) in [5.74, 6) is 0.0480. The molecule has 1 unspecified atom stereocenters. The van der Waals surface area contributed by atoms with Crippen molar-refractivity contribution in [2.24, 2.45) is 0 Å². The molecule has 1 fully saturated rings. The topological polar surface area (TPSA) is 73.5 Å². The van der Waals surface area contributed by atoms with Crippen molar-refractivity contribution in [2.75, 3.05) is 23.7 Å². The van der Waals surface area contributed by atoms with Crippen LogP contribution in [0.15, 0.2) is 18.2 Å². The van der Waals surface area contributed by atoms with Crippen LogP contribution in [-0.4, -0.2) is 42.0 Å². The van der Waals surface area contributed by atoms with Gasteiger partial charge in [-0.15, -0.1) is 0 Å².